The lowest BCUT2D eigenvalue weighted by atomic mass is 10.3. The van der Waals surface area contributed by atoms with Crippen molar-refractivity contribution in [3.8, 4) is 0 Å². The molecule has 3 aromatic rings. The Hall–Kier alpha value is -2.44. The van der Waals surface area contributed by atoms with Crippen LogP contribution in [0.1, 0.15) is 11.4 Å². The van der Waals surface area contributed by atoms with Crippen molar-refractivity contribution in [2.75, 3.05) is 11.9 Å². The smallest absolute Gasteiger partial charge is 0.243 e. The van der Waals surface area contributed by atoms with Crippen LogP contribution in [0, 0.1) is 6.92 Å². The van der Waals surface area contributed by atoms with Crippen LogP contribution in [0.2, 0.25) is 0 Å². The Kier molecular flexibility index (Phi) is 2.86. The molecule has 0 saturated carbocycles. The molecule has 0 spiro atoms. The van der Waals surface area contributed by atoms with Crippen molar-refractivity contribution < 1.29 is 0 Å². The van der Waals surface area contributed by atoms with Crippen LogP contribution in [0.3, 0.4) is 0 Å². The molecule has 0 unspecified atom stereocenters. The summed E-state index contributed by atoms with van der Waals surface area (Å²) in [4.78, 5) is 8.61. The highest BCUT2D eigenvalue weighted by Crippen LogP contribution is 2.09. The Labute approximate surface area is 110 Å². The summed E-state index contributed by atoms with van der Waals surface area (Å²) in [7, 11) is 1.86. The normalized spacial score (nSPS) is 11.1. The summed E-state index contributed by atoms with van der Waals surface area (Å²) in [5, 5.41) is 11.8. The van der Waals surface area contributed by atoms with E-state index in [0.717, 1.165) is 23.5 Å². The van der Waals surface area contributed by atoms with E-state index in [0.29, 0.717) is 12.5 Å². The van der Waals surface area contributed by atoms with Crippen LogP contribution >= 0.6 is 0 Å². The summed E-state index contributed by atoms with van der Waals surface area (Å²) in [5.41, 5.74) is 1.98. The first-order valence-corrected chi connectivity index (χ1v) is 6.13. The molecule has 0 bridgehead atoms. The largest absolute Gasteiger partial charge is 0.352 e. The van der Waals surface area contributed by atoms with E-state index in [1.54, 1.807) is 15.5 Å². The van der Waals surface area contributed by atoms with Gasteiger partial charge in [0, 0.05) is 26.2 Å². The summed E-state index contributed by atoms with van der Waals surface area (Å²) in [6, 6.07) is 3.98. The van der Waals surface area contributed by atoms with Gasteiger partial charge in [0.15, 0.2) is 11.5 Å². The molecule has 0 aromatic carbocycles. The summed E-state index contributed by atoms with van der Waals surface area (Å²) >= 11 is 0. The standard InChI is InChI=1S/C12H15N7/c1-9-4-3-7-19-11(9)15-12(17-19)13-6-5-10-14-8-18(2)16-10/h3-4,7-8H,5-6H2,1-2H3,(H,13,17). The van der Waals surface area contributed by atoms with Crippen molar-refractivity contribution in [1.29, 1.82) is 0 Å². The fourth-order valence-corrected chi connectivity index (χ4v) is 1.90. The Morgan fingerprint density at radius 3 is 2.95 bits per heavy atom. The molecule has 3 heterocycles. The molecule has 19 heavy (non-hydrogen) atoms. The van der Waals surface area contributed by atoms with Gasteiger partial charge in [0.25, 0.3) is 0 Å². The lowest BCUT2D eigenvalue weighted by Gasteiger charge is -1.97. The highest BCUT2D eigenvalue weighted by Gasteiger charge is 2.05. The minimum absolute atomic E-state index is 0.630. The van der Waals surface area contributed by atoms with Gasteiger partial charge in [-0.2, -0.15) is 10.1 Å². The summed E-state index contributed by atoms with van der Waals surface area (Å²) in [5.74, 6) is 1.44. The Morgan fingerprint density at radius 2 is 2.21 bits per heavy atom. The third kappa shape index (κ3) is 2.40. The summed E-state index contributed by atoms with van der Waals surface area (Å²) in [6.45, 7) is 2.73. The maximum Gasteiger partial charge on any atom is 0.243 e. The maximum atomic E-state index is 4.44. The van der Waals surface area contributed by atoms with Gasteiger partial charge in [-0.05, 0) is 18.6 Å². The second-order valence-electron chi connectivity index (χ2n) is 4.41. The number of rotatable bonds is 4. The quantitative estimate of drug-likeness (QED) is 0.749. The molecule has 0 aliphatic heterocycles. The van der Waals surface area contributed by atoms with Crippen molar-refractivity contribution in [2.24, 2.45) is 7.05 Å². The van der Waals surface area contributed by atoms with Gasteiger partial charge in [-0.15, -0.1) is 5.10 Å². The molecule has 0 fully saturated rings. The molecule has 0 saturated heterocycles. The van der Waals surface area contributed by atoms with Crippen molar-refractivity contribution in [1.82, 2.24) is 29.4 Å². The summed E-state index contributed by atoms with van der Waals surface area (Å²) < 4.78 is 3.47. The number of aryl methyl sites for hydroxylation is 2. The fraction of sp³-hybridized carbons (Fsp3) is 0.333. The van der Waals surface area contributed by atoms with E-state index >= 15 is 0 Å². The molecule has 7 heteroatoms. The monoisotopic (exact) mass is 257 g/mol. The van der Waals surface area contributed by atoms with Crippen molar-refractivity contribution in [3.05, 3.63) is 36.0 Å². The average Bonchev–Trinajstić information content (AvgIpc) is 2.97. The third-order valence-corrected chi connectivity index (χ3v) is 2.84. The topological polar surface area (TPSA) is 72.9 Å². The maximum absolute atomic E-state index is 4.44. The van der Waals surface area contributed by atoms with Gasteiger partial charge in [-0.25, -0.2) is 9.50 Å². The zero-order valence-electron chi connectivity index (χ0n) is 10.9. The minimum Gasteiger partial charge on any atom is -0.352 e. The number of hydrogen-bond acceptors (Lipinski definition) is 5. The van der Waals surface area contributed by atoms with Crippen LogP contribution in [0.4, 0.5) is 5.95 Å². The second-order valence-corrected chi connectivity index (χ2v) is 4.41. The van der Waals surface area contributed by atoms with Crippen LogP contribution in [-0.4, -0.2) is 35.9 Å². The molecular weight excluding hydrogens is 242 g/mol. The first-order chi connectivity index (χ1) is 9.22. The van der Waals surface area contributed by atoms with Gasteiger partial charge >= 0.3 is 0 Å². The first kappa shape index (κ1) is 11.6. The molecule has 7 nitrogen and oxygen atoms in total. The Bertz CT molecular complexity index is 697. The molecule has 3 rings (SSSR count). The van der Waals surface area contributed by atoms with Gasteiger partial charge in [-0.3, -0.25) is 4.68 Å². The number of fused-ring (bicyclic) bond motifs is 1. The second kappa shape index (κ2) is 4.68. The van der Waals surface area contributed by atoms with Crippen LogP contribution in [0.5, 0.6) is 0 Å². The highest BCUT2D eigenvalue weighted by molar-refractivity contribution is 5.49. The number of nitrogens with one attached hydrogen (secondary N) is 1. The average molecular weight is 257 g/mol. The van der Waals surface area contributed by atoms with E-state index in [1.807, 2.05) is 32.3 Å². The molecule has 0 aliphatic rings. The van der Waals surface area contributed by atoms with Gasteiger partial charge < -0.3 is 5.32 Å². The number of hydrogen-bond donors (Lipinski definition) is 1. The summed E-state index contributed by atoms with van der Waals surface area (Å²) in [6.07, 6.45) is 4.33. The van der Waals surface area contributed by atoms with E-state index in [-0.39, 0.29) is 0 Å². The molecule has 1 N–H and O–H groups in total. The van der Waals surface area contributed by atoms with Gasteiger partial charge in [0.05, 0.1) is 0 Å². The molecule has 98 valence electrons. The molecule has 0 radical (unpaired) electrons. The molecule has 0 aliphatic carbocycles. The molecule has 0 amide bonds. The predicted molar refractivity (Wildman–Crippen MR) is 70.9 cm³/mol. The van der Waals surface area contributed by atoms with Gasteiger partial charge in [-0.1, -0.05) is 6.07 Å². The van der Waals surface area contributed by atoms with E-state index in [9.17, 15) is 0 Å². The first-order valence-electron chi connectivity index (χ1n) is 6.13. The van der Waals surface area contributed by atoms with Crippen molar-refractivity contribution in [2.45, 2.75) is 13.3 Å². The number of anilines is 1. The predicted octanol–water partition coefficient (Wildman–Crippen LogP) is 0.821. The zero-order chi connectivity index (χ0) is 13.2. The van der Waals surface area contributed by atoms with Crippen molar-refractivity contribution >= 4 is 11.6 Å². The van der Waals surface area contributed by atoms with Crippen LogP contribution < -0.4 is 5.32 Å². The van der Waals surface area contributed by atoms with E-state index in [1.165, 1.54) is 0 Å². The van der Waals surface area contributed by atoms with Crippen LogP contribution in [0.25, 0.3) is 5.65 Å². The lowest BCUT2D eigenvalue weighted by molar-refractivity contribution is 0.741. The highest BCUT2D eigenvalue weighted by atomic mass is 15.3. The van der Waals surface area contributed by atoms with Crippen LogP contribution in [-0.2, 0) is 13.5 Å². The van der Waals surface area contributed by atoms with Crippen LogP contribution in [0.15, 0.2) is 24.7 Å². The van der Waals surface area contributed by atoms with Gasteiger partial charge in [0.1, 0.15) is 6.33 Å². The number of nitrogens with zero attached hydrogens (tertiary/aromatic N) is 6. The SMILES string of the molecule is Cc1cccn2nc(NCCc3ncn(C)n3)nc12. The van der Waals surface area contributed by atoms with Gasteiger partial charge in [0.2, 0.25) is 5.95 Å². The zero-order valence-corrected chi connectivity index (χ0v) is 10.9. The number of pyridine rings is 1. The molecule has 0 atom stereocenters. The number of aromatic nitrogens is 6. The third-order valence-electron chi connectivity index (χ3n) is 2.84. The minimum atomic E-state index is 0.630. The molecule has 3 aromatic heterocycles. The van der Waals surface area contributed by atoms with E-state index < -0.39 is 0 Å². The Morgan fingerprint density at radius 1 is 1.32 bits per heavy atom. The van der Waals surface area contributed by atoms with Crippen molar-refractivity contribution in [3.63, 3.8) is 0 Å². The van der Waals surface area contributed by atoms with E-state index in [2.05, 4.69) is 25.5 Å². The Balaban J connectivity index is 1.67. The molecular formula is C12H15N7. The lowest BCUT2D eigenvalue weighted by Crippen LogP contribution is -2.07. The van der Waals surface area contributed by atoms with E-state index in [4.69, 9.17) is 0 Å². The fourth-order valence-electron chi connectivity index (χ4n) is 1.90.